The van der Waals surface area contributed by atoms with Crippen molar-refractivity contribution in [3.63, 3.8) is 0 Å². The lowest BCUT2D eigenvalue weighted by Gasteiger charge is -2.15. The minimum Gasteiger partial charge on any atom is -0.309 e. The molecule has 0 saturated carbocycles. The molecule has 0 unspecified atom stereocenters. The van der Waals surface area contributed by atoms with Gasteiger partial charge in [-0.2, -0.15) is 0 Å². The number of pyridine rings is 1. The summed E-state index contributed by atoms with van der Waals surface area (Å²) < 4.78 is 2.42. The van der Waals surface area contributed by atoms with Gasteiger partial charge in [-0.15, -0.1) is 0 Å². The van der Waals surface area contributed by atoms with Crippen LogP contribution in [0.25, 0.3) is 117 Å². The van der Waals surface area contributed by atoms with Crippen LogP contribution in [-0.4, -0.2) is 24.5 Å². The van der Waals surface area contributed by atoms with Gasteiger partial charge in [-0.3, -0.25) is 0 Å². The van der Waals surface area contributed by atoms with Crippen molar-refractivity contribution in [2.75, 3.05) is 0 Å². The summed E-state index contributed by atoms with van der Waals surface area (Å²) in [7, 11) is 0. The van der Waals surface area contributed by atoms with E-state index in [1.165, 1.54) is 27.2 Å². The molecule has 0 N–H and O–H groups in total. The topological polar surface area (TPSA) is 56.5 Å². The average Bonchev–Trinajstić information content (AvgIpc) is 3.71. The van der Waals surface area contributed by atoms with E-state index in [9.17, 15) is 0 Å². The standard InChI is InChI=1S/C58H37N5/c1-5-16-38(17-6-1)43-22-15-23-45(36-43)58-61-56(41-20-9-3-10-21-41)60-57(62-58)42-30-28-39(29-31-42)44-32-33-49-51(37-44)59-54(40-18-7-2-8-19-40)50-35-34-48-47-26-13-14-27-52(47)63(55(48)53(49)50)46-24-11-4-12-25-46/h1-37H. The third-order valence-corrected chi connectivity index (χ3v) is 12.0. The molecule has 0 aliphatic carbocycles. The highest BCUT2D eigenvalue weighted by Crippen LogP contribution is 2.43. The van der Waals surface area contributed by atoms with Crippen molar-refractivity contribution in [2.24, 2.45) is 0 Å². The zero-order valence-electron chi connectivity index (χ0n) is 34.1. The van der Waals surface area contributed by atoms with Crippen LogP contribution in [-0.2, 0) is 0 Å². The first-order chi connectivity index (χ1) is 31.2. The molecule has 12 aromatic rings. The number of hydrogen-bond acceptors (Lipinski definition) is 4. The van der Waals surface area contributed by atoms with Crippen molar-refractivity contribution in [2.45, 2.75) is 0 Å². The quantitative estimate of drug-likeness (QED) is 0.151. The molecule has 3 aromatic heterocycles. The summed E-state index contributed by atoms with van der Waals surface area (Å²) in [5.41, 5.74) is 13.7. The SMILES string of the molecule is c1ccc(-c2cccc(-c3nc(-c4ccccc4)nc(-c4ccc(-c5ccc6c(c5)nc(-c5ccccc5)c5ccc7c8ccccc8n(-c8ccccc8)c7c56)cc4)n3)c2)cc1. The van der Waals surface area contributed by atoms with Crippen molar-refractivity contribution in [1.82, 2.24) is 24.5 Å². The van der Waals surface area contributed by atoms with Gasteiger partial charge in [0, 0.05) is 54.9 Å². The van der Waals surface area contributed by atoms with Gasteiger partial charge in [0.2, 0.25) is 0 Å². The molecule has 0 amide bonds. The predicted molar refractivity (Wildman–Crippen MR) is 260 cm³/mol. The van der Waals surface area contributed by atoms with Crippen LogP contribution in [0.1, 0.15) is 0 Å². The normalized spacial score (nSPS) is 11.5. The number of fused-ring (bicyclic) bond motifs is 7. The Kier molecular flexibility index (Phi) is 8.75. The van der Waals surface area contributed by atoms with Gasteiger partial charge in [0.1, 0.15) is 0 Å². The molecule has 0 aliphatic heterocycles. The van der Waals surface area contributed by atoms with Crippen LogP contribution in [0.2, 0.25) is 0 Å². The van der Waals surface area contributed by atoms with Crippen LogP contribution in [0.3, 0.4) is 0 Å². The van der Waals surface area contributed by atoms with Gasteiger partial charge in [0.05, 0.1) is 22.2 Å². The first-order valence-corrected chi connectivity index (χ1v) is 21.2. The third kappa shape index (κ3) is 6.42. The van der Waals surface area contributed by atoms with Crippen molar-refractivity contribution < 1.29 is 0 Å². The lowest BCUT2D eigenvalue weighted by Crippen LogP contribution is -2.00. The molecular weight excluding hydrogens is 767 g/mol. The van der Waals surface area contributed by atoms with Gasteiger partial charge in [-0.1, -0.05) is 194 Å². The summed E-state index contributed by atoms with van der Waals surface area (Å²) in [4.78, 5) is 20.6. The van der Waals surface area contributed by atoms with Crippen LogP contribution in [0.15, 0.2) is 224 Å². The molecule has 9 aromatic carbocycles. The van der Waals surface area contributed by atoms with Crippen molar-refractivity contribution in [1.29, 1.82) is 0 Å². The van der Waals surface area contributed by atoms with Gasteiger partial charge in [0.25, 0.3) is 0 Å². The predicted octanol–water partition coefficient (Wildman–Crippen LogP) is 14.7. The number of benzene rings is 9. The fourth-order valence-electron chi connectivity index (χ4n) is 9.02. The highest BCUT2D eigenvalue weighted by Gasteiger charge is 2.20. The van der Waals surface area contributed by atoms with Crippen molar-refractivity contribution in [3.05, 3.63) is 224 Å². The molecule has 0 aliphatic rings. The minimum atomic E-state index is 0.618. The van der Waals surface area contributed by atoms with E-state index in [1.807, 2.05) is 36.4 Å². The van der Waals surface area contributed by atoms with Gasteiger partial charge in [-0.25, -0.2) is 19.9 Å². The third-order valence-electron chi connectivity index (χ3n) is 12.0. The largest absolute Gasteiger partial charge is 0.309 e. The van der Waals surface area contributed by atoms with Crippen LogP contribution in [0.5, 0.6) is 0 Å². The number of aromatic nitrogens is 5. The monoisotopic (exact) mass is 803 g/mol. The maximum Gasteiger partial charge on any atom is 0.164 e. The molecule has 294 valence electrons. The Morgan fingerprint density at radius 2 is 0.762 bits per heavy atom. The Balaban J connectivity index is 1.00. The van der Waals surface area contributed by atoms with E-state index < -0.39 is 0 Å². The number of rotatable bonds is 7. The zero-order valence-corrected chi connectivity index (χ0v) is 34.1. The molecule has 0 bridgehead atoms. The maximum absolute atomic E-state index is 5.45. The summed E-state index contributed by atoms with van der Waals surface area (Å²) in [6.07, 6.45) is 0. The number of hydrogen-bond donors (Lipinski definition) is 0. The molecule has 5 heteroatoms. The van der Waals surface area contributed by atoms with E-state index in [4.69, 9.17) is 19.9 Å². The molecular formula is C58H37N5. The first-order valence-electron chi connectivity index (χ1n) is 21.2. The molecule has 0 radical (unpaired) electrons. The second-order valence-electron chi connectivity index (χ2n) is 15.8. The van der Waals surface area contributed by atoms with Crippen molar-refractivity contribution >= 4 is 43.5 Å². The highest BCUT2D eigenvalue weighted by atomic mass is 15.0. The van der Waals surface area contributed by atoms with Gasteiger partial charge in [-0.05, 0) is 52.6 Å². The van der Waals surface area contributed by atoms with Crippen LogP contribution >= 0.6 is 0 Å². The maximum atomic E-state index is 5.45. The molecule has 0 spiro atoms. The fourth-order valence-corrected chi connectivity index (χ4v) is 9.02. The fraction of sp³-hybridized carbons (Fsp3) is 0. The molecule has 12 rings (SSSR count). The van der Waals surface area contributed by atoms with E-state index >= 15 is 0 Å². The van der Waals surface area contributed by atoms with Crippen molar-refractivity contribution in [3.8, 4) is 73.4 Å². The van der Waals surface area contributed by atoms with Crippen LogP contribution in [0, 0.1) is 0 Å². The minimum absolute atomic E-state index is 0.618. The molecule has 3 heterocycles. The lowest BCUT2D eigenvalue weighted by atomic mass is 9.95. The lowest BCUT2D eigenvalue weighted by molar-refractivity contribution is 1.07. The first kappa shape index (κ1) is 36.3. The molecule has 63 heavy (non-hydrogen) atoms. The summed E-state index contributed by atoms with van der Waals surface area (Å²) >= 11 is 0. The van der Waals surface area contributed by atoms with Crippen LogP contribution < -0.4 is 0 Å². The van der Waals surface area contributed by atoms with E-state index in [1.54, 1.807) is 0 Å². The Labute approximate surface area is 364 Å². The summed E-state index contributed by atoms with van der Waals surface area (Å²) in [5.74, 6) is 1.88. The number of nitrogens with zero attached hydrogens (tertiary/aromatic N) is 5. The molecule has 0 atom stereocenters. The Morgan fingerprint density at radius 3 is 1.48 bits per heavy atom. The second kappa shape index (κ2) is 15.2. The molecule has 0 saturated heterocycles. The van der Waals surface area contributed by atoms with E-state index in [-0.39, 0.29) is 0 Å². The summed E-state index contributed by atoms with van der Waals surface area (Å²) in [6, 6.07) is 78.6. The van der Waals surface area contributed by atoms with Gasteiger partial charge < -0.3 is 4.57 Å². The van der Waals surface area contributed by atoms with Gasteiger partial charge in [0.15, 0.2) is 17.5 Å². The Morgan fingerprint density at radius 1 is 0.286 bits per heavy atom. The Hall–Kier alpha value is -8.54. The zero-order chi connectivity index (χ0) is 41.7. The average molecular weight is 804 g/mol. The van der Waals surface area contributed by atoms with E-state index in [0.29, 0.717) is 17.5 Å². The van der Waals surface area contributed by atoms with Crippen LogP contribution in [0.4, 0.5) is 0 Å². The van der Waals surface area contributed by atoms with E-state index in [2.05, 4.69) is 193 Å². The van der Waals surface area contributed by atoms with Gasteiger partial charge >= 0.3 is 0 Å². The number of para-hydroxylation sites is 2. The summed E-state index contributed by atoms with van der Waals surface area (Å²) in [6.45, 7) is 0. The second-order valence-corrected chi connectivity index (χ2v) is 15.8. The van der Waals surface area contributed by atoms with E-state index in [0.717, 1.165) is 72.2 Å². The molecule has 0 fully saturated rings. The Bertz CT molecular complexity index is 3640. The molecule has 5 nitrogen and oxygen atoms in total. The summed E-state index contributed by atoms with van der Waals surface area (Å²) in [5, 5.41) is 5.86. The highest BCUT2D eigenvalue weighted by molar-refractivity contribution is 6.27. The smallest absolute Gasteiger partial charge is 0.164 e.